The second-order valence-corrected chi connectivity index (χ2v) is 6.16. The van der Waals surface area contributed by atoms with Gasteiger partial charge in [-0.05, 0) is 42.9 Å². The van der Waals surface area contributed by atoms with E-state index in [0.29, 0.717) is 12.3 Å². The van der Waals surface area contributed by atoms with Crippen molar-refractivity contribution in [3.05, 3.63) is 35.6 Å². The van der Waals surface area contributed by atoms with Gasteiger partial charge in [-0.3, -0.25) is 4.79 Å². The molecule has 1 heterocycles. The highest BCUT2D eigenvalue weighted by Gasteiger charge is 2.28. The number of benzene rings is 1. The second kappa shape index (κ2) is 6.56. The van der Waals surface area contributed by atoms with Crippen molar-refractivity contribution in [2.75, 3.05) is 19.6 Å². The molecule has 0 spiro atoms. The number of carbonyl (C=O) groups is 1. The van der Waals surface area contributed by atoms with E-state index in [-0.39, 0.29) is 17.8 Å². The molecule has 1 aliphatic carbocycles. The Morgan fingerprint density at radius 3 is 2.57 bits per heavy atom. The summed E-state index contributed by atoms with van der Waals surface area (Å²) < 4.78 is 13.1. The van der Waals surface area contributed by atoms with Gasteiger partial charge in [-0.1, -0.05) is 18.6 Å². The van der Waals surface area contributed by atoms with E-state index in [0.717, 1.165) is 31.6 Å². The van der Waals surface area contributed by atoms with E-state index in [4.69, 9.17) is 0 Å². The maximum Gasteiger partial charge on any atom is 0.222 e. The first-order valence-electron chi connectivity index (χ1n) is 8.00. The monoisotopic (exact) mass is 290 g/mol. The molecule has 114 valence electrons. The molecule has 1 amide bonds. The summed E-state index contributed by atoms with van der Waals surface area (Å²) in [6.45, 7) is 2.48. The van der Waals surface area contributed by atoms with Crippen molar-refractivity contribution in [1.82, 2.24) is 10.2 Å². The van der Waals surface area contributed by atoms with E-state index < -0.39 is 0 Å². The van der Waals surface area contributed by atoms with Crippen molar-refractivity contribution in [1.29, 1.82) is 0 Å². The molecule has 0 aromatic heterocycles. The summed E-state index contributed by atoms with van der Waals surface area (Å²) >= 11 is 0. The molecule has 2 aliphatic rings. The van der Waals surface area contributed by atoms with Crippen LogP contribution in [0.1, 0.15) is 43.7 Å². The Labute approximate surface area is 125 Å². The molecule has 1 N–H and O–H groups in total. The largest absolute Gasteiger partial charge is 0.341 e. The van der Waals surface area contributed by atoms with E-state index in [1.807, 2.05) is 17.0 Å². The van der Waals surface area contributed by atoms with Crippen molar-refractivity contribution in [3.8, 4) is 0 Å². The first-order chi connectivity index (χ1) is 10.2. The highest BCUT2D eigenvalue weighted by atomic mass is 19.1. The van der Waals surface area contributed by atoms with Crippen molar-refractivity contribution in [2.45, 2.75) is 38.1 Å². The van der Waals surface area contributed by atoms with Crippen LogP contribution in [0.4, 0.5) is 4.39 Å². The Balaban J connectivity index is 1.57. The van der Waals surface area contributed by atoms with Gasteiger partial charge in [-0.2, -0.15) is 0 Å². The summed E-state index contributed by atoms with van der Waals surface area (Å²) in [4.78, 5) is 13.6. The molecule has 1 aromatic rings. The second-order valence-electron chi connectivity index (χ2n) is 6.16. The number of nitrogens with one attached hydrogen (secondary N) is 1. The number of halogens is 1. The normalized spacial score (nSPS) is 20.6. The zero-order valence-electron chi connectivity index (χ0n) is 12.4. The molecule has 0 radical (unpaired) electrons. The molecule has 1 saturated carbocycles. The van der Waals surface area contributed by atoms with Crippen LogP contribution in [0.2, 0.25) is 0 Å². The topological polar surface area (TPSA) is 32.3 Å². The van der Waals surface area contributed by atoms with E-state index in [2.05, 4.69) is 5.32 Å². The molecular formula is C17H23FN2O. The van der Waals surface area contributed by atoms with Gasteiger partial charge in [0.1, 0.15) is 5.82 Å². The van der Waals surface area contributed by atoms with E-state index in [9.17, 15) is 9.18 Å². The van der Waals surface area contributed by atoms with Crippen LogP contribution in [0.5, 0.6) is 0 Å². The fraction of sp³-hybridized carbons (Fsp3) is 0.588. The molecule has 0 bridgehead atoms. The van der Waals surface area contributed by atoms with Crippen LogP contribution >= 0.6 is 0 Å². The van der Waals surface area contributed by atoms with Crippen LogP contribution < -0.4 is 5.32 Å². The Morgan fingerprint density at radius 1 is 1.24 bits per heavy atom. The minimum Gasteiger partial charge on any atom is -0.341 e. The van der Waals surface area contributed by atoms with Gasteiger partial charge in [0.15, 0.2) is 0 Å². The van der Waals surface area contributed by atoms with Gasteiger partial charge >= 0.3 is 0 Å². The molecule has 1 atom stereocenters. The lowest BCUT2D eigenvalue weighted by atomic mass is 9.77. The minimum absolute atomic E-state index is 0.186. The fourth-order valence-electron chi connectivity index (χ4n) is 3.30. The predicted octanol–water partition coefficient (Wildman–Crippen LogP) is 2.88. The average Bonchev–Trinajstić information content (AvgIpc) is 2.82. The zero-order valence-corrected chi connectivity index (χ0v) is 12.4. The molecule has 1 unspecified atom stereocenters. The van der Waals surface area contributed by atoms with Crippen LogP contribution in [-0.4, -0.2) is 30.4 Å². The first kappa shape index (κ1) is 14.5. The summed E-state index contributed by atoms with van der Waals surface area (Å²) in [7, 11) is 0. The lowest BCUT2D eigenvalue weighted by Crippen LogP contribution is -2.38. The van der Waals surface area contributed by atoms with Gasteiger partial charge in [0.05, 0.1) is 0 Å². The van der Waals surface area contributed by atoms with Gasteiger partial charge in [-0.15, -0.1) is 0 Å². The van der Waals surface area contributed by atoms with Gasteiger partial charge in [0.25, 0.3) is 0 Å². The van der Waals surface area contributed by atoms with Gasteiger partial charge in [0, 0.05) is 32.1 Å². The number of amides is 1. The molecule has 1 aliphatic heterocycles. The molecular weight excluding hydrogens is 267 g/mol. The average molecular weight is 290 g/mol. The van der Waals surface area contributed by atoms with Crippen molar-refractivity contribution in [3.63, 3.8) is 0 Å². The third kappa shape index (κ3) is 3.43. The fourth-order valence-corrected chi connectivity index (χ4v) is 3.30. The summed E-state index contributed by atoms with van der Waals surface area (Å²) in [6, 6.07) is 7.12. The van der Waals surface area contributed by atoms with Gasteiger partial charge in [-0.25, -0.2) is 4.39 Å². The van der Waals surface area contributed by atoms with Crippen LogP contribution in [0, 0.1) is 11.7 Å². The number of rotatable bonds is 6. The molecule has 3 rings (SSSR count). The number of nitrogens with zero attached hydrogens (tertiary/aromatic N) is 1. The molecule has 1 aromatic carbocycles. The third-order valence-corrected chi connectivity index (χ3v) is 4.77. The number of carbonyl (C=O) groups excluding carboxylic acids is 1. The van der Waals surface area contributed by atoms with Crippen molar-refractivity contribution < 1.29 is 9.18 Å². The van der Waals surface area contributed by atoms with Gasteiger partial charge < -0.3 is 10.2 Å². The van der Waals surface area contributed by atoms with Crippen LogP contribution in [-0.2, 0) is 4.79 Å². The molecule has 3 nitrogen and oxygen atoms in total. The molecule has 2 fully saturated rings. The summed E-state index contributed by atoms with van der Waals surface area (Å²) in [5.41, 5.74) is 1.16. The highest BCUT2D eigenvalue weighted by Crippen LogP contribution is 2.37. The summed E-state index contributed by atoms with van der Waals surface area (Å²) in [6.07, 6.45) is 5.44. The Morgan fingerprint density at radius 2 is 2.00 bits per heavy atom. The SMILES string of the molecule is O=C1CCCN1CCNC(c1ccc(F)cc1)C1CCC1. The maximum absolute atomic E-state index is 13.1. The number of hydrogen-bond acceptors (Lipinski definition) is 2. The molecule has 1 saturated heterocycles. The molecule has 21 heavy (non-hydrogen) atoms. The predicted molar refractivity (Wildman–Crippen MR) is 80.3 cm³/mol. The van der Waals surface area contributed by atoms with Gasteiger partial charge in [0.2, 0.25) is 5.91 Å². The van der Waals surface area contributed by atoms with Crippen LogP contribution in [0.3, 0.4) is 0 Å². The minimum atomic E-state index is -0.186. The number of likely N-dealkylation sites (tertiary alicyclic amines) is 1. The van der Waals surface area contributed by atoms with Crippen molar-refractivity contribution >= 4 is 5.91 Å². The number of hydrogen-bond donors (Lipinski definition) is 1. The van der Waals surface area contributed by atoms with E-state index in [1.54, 1.807) is 0 Å². The van der Waals surface area contributed by atoms with Crippen LogP contribution in [0.25, 0.3) is 0 Å². The third-order valence-electron chi connectivity index (χ3n) is 4.77. The summed E-state index contributed by atoms with van der Waals surface area (Å²) in [5, 5.41) is 3.59. The smallest absolute Gasteiger partial charge is 0.222 e. The Kier molecular flexibility index (Phi) is 4.54. The standard InChI is InChI=1S/C17H23FN2O/c18-15-8-6-14(7-9-15)17(13-3-1-4-13)19-10-12-20-11-2-5-16(20)21/h6-9,13,17,19H,1-5,10-12H2. The molecule has 4 heteroatoms. The Bertz CT molecular complexity index is 484. The maximum atomic E-state index is 13.1. The lowest BCUT2D eigenvalue weighted by molar-refractivity contribution is -0.127. The first-order valence-corrected chi connectivity index (χ1v) is 8.00. The lowest BCUT2D eigenvalue weighted by Gasteiger charge is -2.35. The quantitative estimate of drug-likeness (QED) is 0.873. The van der Waals surface area contributed by atoms with Crippen LogP contribution in [0.15, 0.2) is 24.3 Å². The Hall–Kier alpha value is -1.42. The summed E-state index contributed by atoms with van der Waals surface area (Å²) in [5.74, 6) is 0.734. The van der Waals surface area contributed by atoms with E-state index in [1.165, 1.54) is 31.4 Å². The highest BCUT2D eigenvalue weighted by molar-refractivity contribution is 5.78. The zero-order chi connectivity index (χ0) is 14.7. The van der Waals surface area contributed by atoms with E-state index >= 15 is 0 Å². The van der Waals surface area contributed by atoms with Crippen molar-refractivity contribution in [2.24, 2.45) is 5.92 Å².